The average molecular weight is 316 g/mol. The van der Waals surface area contributed by atoms with E-state index in [0.29, 0.717) is 32.6 Å². The maximum Gasteiger partial charge on any atom is 0.228 e. The molecule has 0 saturated carbocycles. The smallest absolute Gasteiger partial charge is 0.228 e. The molecule has 0 atom stereocenters. The van der Waals surface area contributed by atoms with Crippen LogP contribution in [0.3, 0.4) is 0 Å². The second-order valence-corrected chi connectivity index (χ2v) is 7.41. The van der Waals surface area contributed by atoms with E-state index in [-0.39, 0.29) is 17.2 Å². The fourth-order valence-electron chi connectivity index (χ4n) is 2.80. The predicted molar refractivity (Wildman–Crippen MR) is 92.1 cm³/mol. The summed E-state index contributed by atoms with van der Waals surface area (Å²) in [5.74, 6) is 0.359. The van der Waals surface area contributed by atoms with Gasteiger partial charge in [0.25, 0.3) is 0 Å². The van der Waals surface area contributed by atoms with Crippen molar-refractivity contribution in [2.24, 2.45) is 5.41 Å². The first-order chi connectivity index (χ1) is 10.8. The van der Waals surface area contributed by atoms with Gasteiger partial charge in [0.2, 0.25) is 11.8 Å². The highest BCUT2D eigenvalue weighted by atomic mass is 16.2. The Bertz CT molecular complexity index is 550. The molecule has 126 valence electrons. The molecule has 1 fully saturated rings. The van der Waals surface area contributed by atoms with E-state index in [1.54, 1.807) is 0 Å². The van der Waals surface area contributed by atoms with Crippen LogP contribution in [0.25, 0.3) is 0 Å². The molecule has 2 amide bonds. The molecule has 4 heteroatoms. The lowest BCUT2D eigenvalue weighted by molar-refractivity contribution is -0.144. The molecule has 1 aromatic carbocycles. The van der Waals surface area contributed by atoms with Gasteiger partial charge < -0.3 is 9.80 Å². The highest BCUT2D eigenvalue weighted by Gasteiger charge is 2.30. The first-order valence-corrected chi connectivity index (χ1v) is 8.40. The van der Waals surface area contributed by atoms with Crippen LogP contribution < -0.4 is 0 Å². The Morgan fingerprint density at radius 2 is 1.48 bits per heavy atom. The molecule has 2 rings (SSSR count). The van der Waals surface area contributed by atoms with Gasteiger partial charge in [-0.3, -0.25) is 9.59 Å². The zero-order valence-electron chi connectivity index (χ0n) is 14.8. The highest BCUT2D eigenvalue weighted by Crippen LogP contribution is 2.19. The predicted octanol–water partition coefficient (Wildman–Crippen LogP) is 2.64. The van der Waals surface area contributed by atoms with Crippen molar-refractivity contribution in [1.82, 2.24) is 9.80 Å². The summed E-state index contributed by atoms with van der Waals surface area (Å²) in [4.78, 5) is 28.4. The molecule has 1 aliphatic heterocycles. The van der Waals surface area contributed by atoms with Crippen molar-refractivity contribution < 1.29 is 9.59 Å². The second-order valence-electron chi connectivity index (χ2n) is 7.41. The highest BCUT2D eigenvalue weighted by molar-refractivity contribution is 5.82. The number of aryl methyl sites for hydroxylation is 2. The van der Waals surface area contributed by atoms with Crippen LogP contribution in [0, 0.1) is 12.3 Å². The number of hydrogen-bond donors (Lipinski definition) is 0. The third kappa shape index (κ3) is 4.81. The van der Waals surface area contributed by atoms with Crippen molar-refractivity contribution in [3.63, 3.8) is 0 Å². The van der Waals surface area contributed by atoms with Crippen molar-refractivity contribution >= 4 is 11.8 Å². The van der Waals surface area contributed by atoms with Crippen molar-refractivity contribution in [3.8, 4) is 0 Å². The van der Waals surface area contributed by atoms with Crippen LogP contribution >= 0.6 is 0 Å². The number of piperazine rings is 1. The summed E-state index contributed by atoms with van der Waals surface area (Å²) in [6.07, 6.45) is 1.32. The number of carbonyl (C=O) groups is 2. The number of rotatable bonds is 3. The summed E-state index contributed by atoms with van der Waals surface area (Å²) in [7, 11) is 0. The van der Waals surface area contributed by atoms with E-state index in [1.165, 1.54) is 11.1 Å². The number of benzene rings is 1. The Hall–Kier alpha value is -1.84. The first-order valence-electron chi connectivity index (χ1n) is 8.40. The zero-order valence-corrected chi connectivity index (χ0v) is 14.8. The molecule has 23 heavy (non-hydrogen) atoms. The minimum Gasteiger partial charge on any atom is -0.339 e. The maximum absolute atomic E-state index is 12.3. The van der Waals surface area contributed by atoms with Gasteiger partial charge in [-0.1, -0.05) is 50.6 Å². The number of amides is 2. The lowest BCUT2D eigenvalue weighted by atomic mass is 9.94. The third-order valence-electron chi connectivity index (χ3n) is 4.31. The molecule has 0 spiro atoms. The van der Waals surface area contributed by atoms with Crippen LogP contribution in [0.5, 0.6) is 0 Å². The van der Waals surface area contributed by atoms with Crippen LogP contribution in [-0.2, 0) is 16.0 Å². The second kappa shape index (κ2) is 7.16. The van der Waals surface area contributed by atoms with Crippen LogP contribution in [0.2, 0.25) is 0 Å². The number of hydrogen-bond acceptors (Lipinski definition) is 2. The van der Waals surface area contributed by atoms with Gasteiger partial charge >= 0.3 is 0 Å². The molecular weight excluding hydrogens is 288 g/mol. The van der Waals surface area contributed by atoms with Gasteiger partial charge in [0.05, 0.1) is 0 Å². The van der Waals surface area contributed by atoms with Gasteiger partial charge in [-0.25, -0.2) is 0 Å². The molecular formula is C19H28N2O2. The van der Waals surface area contributed by atoms with Gasteiger partial charge in [0.15, 0.2) is 0 Å². The molecule has 1 saturated heterocycles. The summed E-state index contributed by atoms with van der Waals surface area (Å²) >= 11 is 0. The minimum atomic E-state index is -0.350. The Morgan fingerprint density at radius 3 is 2.00 bits per heavy atom. The van der Waals surface area contributed by atoms with Crippen molar-refractivity contribution in [3.05, 3.63) is 35.4 Å². The molecule has 0 aromatic heterocycles. The van der Waals surface area contributed by atoms with E-state index < -0.39 is 0 Å². The lowest BCUT2D eigenvalue weighted by Crippen LogP contribution is -2.53. The average Bonchev–Trinajstić information content (AvgIpc) is 2.52. The molecule has 1 aliphatic rings. The van der Waals surface area contributed by atoms with Crippen LogP contribution in [0.1, 0.15) is 38.3 Å². The zero-order chi connectivity index (χ0) is 17.0. The first kappa shape index (κ1) is 17.5. The van der Waals surface area contributed by atoms with E-state index in [0.717, 1.165) is 6.42 Å². The topological polar surface area (TPSA) is 40.6 Å². The quantitative estimate of drug-likeness (QED) is 0.860. The Labute approximate surface area is 139 Å². The summed E-state index contributed by atoms with van der Waals surface area (Å²) < 4.78 is 0. The van der Waals surface area contributed by atoms with Crippen LogP contribution in [-0.4, -0.2) is 47.8 Å². The normalized spacial score (nSPS) is 15.7. The Kier molecular flexibility index (Phi) is 5.45. The molecule has 0 bridgehead atoms. The van der Waals surface area contributed by atoms with E-state index in [9.17, 15) is 9.59 Å². The fraction of sp³-hybridized carbons (Fsp3) is 0.579. The van der Waals surface area contributed by atoms with E-state index >= 15 is 0 Å². The van der Waals surface area contributed by atoms with E-state index in [4.69, 9.17) is 0 Å². The Morgan fingerprint density at radius 1 is 0.957 bits per heavy atom. The lowest BCUT2D eigenvalue weighted by Gasteiger charge is -2.37. The van der Waals surface area contributed by atoms with Gasteiger partial charge in [0, 0.05) is 38.0 Å². The summed E-state index contributed by atoms with van der Waals surface area (Å²) in [6.45, 7) is 10.5. The maximum atomic E-state index is 12.3. The monoisotopic (exact) mass is 316 g/mol. The molecule has 0 N–H and O–H groups in total. The Balaban J connectivity index is 1.79. The van der Waals surface area contributed by atoms with Gasteiger partial charge in [-0.2, -0.15) is 0 Å². The van der Waals surface area contributed by atoms with Crippen molar-refractivity contribution in [2.75, 3.05) is 26.2 Å². The SMILES string of the molecule is Cc1ccc(CCC(=O)N2CCN(C(=O)C(C)(C)C)CC2)cc1. The minimum absolute atomic E-state index is 0.171. The molecule has 4 nitrogen and oxygen atoms in total. The number of carbonyl (C=O) groups excluding carboxylic acids is 2. The summed E-state index contributed by atoms with van der Waals surface area (Å²) in [6, 6.07) is 8.33. The fourth-order valence-corrected chi connectivity index (χ4v) is 2.80. The molecule has 1 heterocycles. The van der Waals surface area contributed by atoms with Gasteiger partial charge in [0.1, 0.15) is 0 Å². The third-order valence-corrected chi connectivity index (χ3v) is 4.31. The van der Waals surface area contributed by atoms with E-state index in [2.05, 4.69) is 31.2 Å². The van der Waals surface area contributed by atoms with Crippen molar-refractivity contribution in [2.45, 2.75) is 40.5 Å². The van der Waals surface area contributed by atoms with Gasteiger partial charge in [-0.15, -0.1) is 0 Å². The number of nitrogens with zero attached hydrogens (tertiary/aromatic N) is 2. The molecule has 1 aromatic rings. The molecule has 0 aliphatic carbocycles. The molecule has 0 radical (unpaired) electrons. The standard InChI is InChI=1S/C19H28N2O2/c1-15-5-7-16(8-6-15)9-10-17(22)20-11-13-21(14-12-20)18(23)19(2,3)4/h5-8H,9-14H2,1-4H3. The van der Waals surface area contributed by atoms with Crippen LogP contribution in [0.15, 0.2) is 24.3 Å². The van der Waals surface area contributed by atoms with Crippen LogP contribution in [0.4, 0.5) is 0 Å². The van der Waals surface area contributed by atoms with Crippen molar-refractivity contribution in [1.29, 1.82) is 0 Å². The molecule has 0 unspecified atom stereocenters. The summed E-state index contributed by atoms with van der Waals surface area (Å²) in [5, 5.41) is 0. The van der Waals surface area contributed by atoms with E-state index in [1.807, 2.05) is 30.6 Å². The van der Waals surface area contributed by atoms with Gasteiger partial charge in [-0.05, 0) is 18.9 Å². The largest absolute Gasteiger partial charge is 0.339 e. The summed E-state index contributed by atoms with van der Waals surface area (Å²) in [5.41, 5.74) is 2.09.